The van der Waals surface area contributed by atoms with E-state index < -0.39 is 5.79 Å². The van der Waals surface area contributed by atoms with Crippen LogP contribution in [0.2, 0.25) is 10.0 Å². The number of rotatable bonds is 11. The van der Waals surface area contributed by atoms with Crippen LogP contribution >= 0.6 is 35.0 Å². The first-order chi connectivity index (χ1) is 23.4. The van der Waals surface area contributed by atoms with Crippen molar-refractivity contribution in [2.45, 2.75) is 36.9 Å². The average molecular weight is 707 g/mol. The molecule has 0 N–H and O–H groups in total. The third-order valence-electron chi connectivity index (χ3n) is 8.68. The quantitative estimate of drug-likeness (QED) is 0.139. The van der Waals surface area contributed by atoms with Crippen LogP contribution in [0.15, 0.2) is 90.6 Å². The summed E-state index contributed by atoms with van der Waals surface area (Å²) < 4.78 is 22.8. The summed E-state index contributed by atoms with van der Waals surface area (Å²) in [5.74, 6) is 0.667. The van der Waals surface area contributed by atoms with Crippen molar-refractivity contribution in [2.75, 3.05) is 55.4 Å². The molecule has 0 bridgehead atoms. The van der Waals surface area contributed by atoms with Gasteiger partial charge in [-0.05, 0) is 66.9 Å². The molecule has 2 atom stereocenters. The van der Waals surface area contributed by atoms with Crippen LogP contribution in [0.25, 0.3) is 5.69 Å². The van der Waals surface area contributed by atoms with Gasteiger partial charge in [-0.3, -0.25) is 0 Å². The van der Waals surface area contributed by atoms with E-state index >= 15 is 0 Å². The highest BCUT2D eigenvalue weighted by Gasteiger charge is 2.45. The summed E-state index contributed by atoms with van der Waals surface area (Å²) in [6, 6.07) is 22.2. The molecule has 2 aromatic heterocycles. The molecule has 10 nitrogen and oxygen atoms in total. The lowest BCUT2D eigenvalue weighted by molar-refractivity contribution is -0.189. The van der Waals surface area contributed by atoms with Crippen molar-refractivity contribution < 1.29 is 14.2 Å². The van der Waals surface area contributed by atoms with E-state index in [1.807, 2.05) is 39.9 Å². The Bertz CT molecular complexity index is 1810. The van der Waals surface area contributed by atoms with Crippen molar-refractivity contribution >= 4 is 46.3 Å². The number of thioether (sulfide) groups is 1. The minimum absolute atomic E-state index is 0.292. The number of hydrogen-bond donors (Lipinski definition) is 0. The Labute approximate surface area is 294 Å². The molecule has 0 amide bonds. The normalized spacial score (nSPS) is 19.6. The van der Waals surface area contributed by atoms with Crippen molar-refractivity contribution in [3.8, 4) is 11.4 Å². The van der Waals surface area contributed by atoms with E-state index in [0.29, 0.717) is 35.4 Å². The third-order valence-corrected chi connectivity index (χ3v) is 9.77. The van der Waals surface area contributed by atoms with E-state index in [0.717, 1.165) is 55.0 Å². The van der Waals surface area contributed by atoms with Crippen LogP contribution in [0, 0.1) is 0 Å². The highest BCUT2D eigenvalue weighted by atomic mass is 35.5. The van der Waals surface area contributed by atoms with Crippen LogP contribution in [-0.2, 0) is 28.2 Å². The molecule has 2 saturated heterocycles. The minimum atomic E-state index is -1.09. The van der Waals surface area contributed by atoms with Crippen molar-refractivity contribution in [2.24, 2.45) is 0 Å². The maximum absolute atomic E-state index is 6.61. The molecule has 48 heavy (non-hydrogen) atoms. The van der Waals surface area contributed by atoms with Crippen LogP contribution in [0.5, 0.6) is 5.75 Å². The zero-order valence-electron chi connectivity index (χ0n) is 26.8. The van der Waals surface area contributed by atoms with E-state index in [4.69, 9.17) is 37.4 Å². The molecule has 13 heteroatoms. The van der Waals surface area contributed by atoms with Crippen LogP contribution in [0.1, 0.15) is 18.3 Å². The summed E-state index contributed by atoms with van der Waals surface area (Å²) >= 11 is 14.3. The standard InChI is InChI=1S/C35H37Cl2N7O3S/c1-3-33-39-34(48-2)40-44(33)28-7-5-26(6-8-28)42-16-18-43(19-17-42)27-9-11-29(12-10-27)45-21-30-22-46-35(47-30,23-41-15-14-38-24-41)31-13-4-25(36)20-32(31)37/h4-15,20,24,30H,3,16-19,21-23H2,1-2H3/t30-,35-/m1/s1. The van der Waals surface area contributed by atoms with Crippen molar-refractivity contribution in [3.63, 3.8) is 0 Å². The fraction of sp³-hybridized carbons (Fsp3) is 0.343. The number of aromatic nitrogens is 5. The first-order valence-corrected chi connectivity index (χ1v) is 18.0. The second-order valence-electron chi connectivity index (χ2n) is 11.7. The maximum Gasteiger partial charge on any atom is 0.215 e. The molecule has 0 unspecified atom stereocenters. The number of anilines is 2. The first-order valence-electron chi connectivity index (χ1n) is 16.0. The molecule has 0 spiro atoms. The monoisotopic (exact) mass is 705 g/mol. The lowest BCUT2D eigenvalue weighted by Crippen LogP contribution is -2.46. The van der Waals surface area contributed by atoms with Crippen LogP contribution in [0.4, 0.5) is 11.4 Å². The smallest absolute Gasteiger partial charge is 0.215 e. The molecule has 0 saturated carbocycles. The second-order valence-corrected chi connectivity index (χ2v) is 13.4. The topological polar surface area (TPSA) is 82.7 Å². The zero-order chi connectivity index (χ0) is 33.1. The largest absolute Gasteiger partial charge is 0.491 e. The van der Waals surface area contributed by atoms with E-state index in [1.165, 1.54) is 11.4 Å². The molecule has 2 fully saturated rings. The Morgan fingerprint density at radius 3 is 2.25 bits per heavy atom. The number of piperazine rings is 1. The van der Waals surface area contributed by atoms with Crippen LogP contribution < -0.4 is 14.5 Å². The molecule has 3 aromatic carbocycles. The van der Waals surface area contributed by atoms with Gasteiger partial charge in [-0.1, -0.05) is 48.0 Å². The Kier molecular flexibility index (Phi) is 9.83. The Hall–Kier alpha value is -3.74. The number of benzene rings is 3. The summed E-state index contributed by atoms with van der Waals surface area (Å²) in [6.07, 6.45) is 7.86. The number of nitrogens with zero attached hydrogens (tertiary/aromatic N) is 7. The molecule has 7 rings (SSSR count). The summed E-state index contributed by atoms with van der Waals surface area (Å²) in [7, 11) is 0. The second kappa shape index (κ2) is 14.4. The summed E-state index contributed by atoms with van der Waals surface area (Å²) in [5.41, 5.74) is 4.15. The lowest BCUT2D eigenvalue weighted by atomic mass is 10.1. The summed E-state index contributed by atoms with van der Waals surface area (Å²) in [4.78, 5) is 13.6. The van der Waals surface area contributed by atoms with Crippen molar-refractivity contribution in [1.82, 2.24) is 24.3 Å². The number of ether oxygens (including phenoxy) is 3. The van der Waals surface area contributed by atoms with Gasteiger partial charge in [0.05, 0.1) is 30.2 Å². The number of hydrogen-bond acceptors (Lipinski definition) is 9. The van der Waals surface area contributed by atoms with Gasteiger partial charge in [0, 0.05) is 67.0 Å². The Morgan fingerprint density at radius 2 is 1.62 bits per heavy atom. The summed E-state index contributed by atoms with van der Waals surface area (Å²) in [6.45, 7) is 6.93. The van der Waals surface area contributed by atoms with Gasteiger partial charge in [-0.2, -0.15) is 0 Å². The van der Waals surface area contributed by atoms with Crippen molar-refractivity contribution in [1.29, 1.82) is 0 Å². The maximum atomic E-state index is 6.61. The molecule has 0 aliphatic carbocycles. The zero-order valence-corrected chi connectivity index (χ0v) is 29.2. The molecule has 2 aliphatic heterocycles. The van der Waals surface area contributed by atoms with Gasteiger partial charge in [0.15, 0.2) is 0 Å². The first kappa shape index (κ1) is 32.8. The van der Waals surface area contributed by atoms with E-state index in [1.54, 1.807) is 36.4 Å². The van der Waals surface area contributed by atoms with Gasteiger partial charge in [0.25, 0.3) is 0 Å². The predicted molar refractivity (Wildman–Crippen MR) is 190 cm³/mol. The van der Waals surface area contributed by atoms with E-state index in [9.17, 15) is 0 Å². The number of halogens is 2. The molecule has 0 radical (unpaired) electrons. The van der Waals surface area contributed by atoms with Gasteiger partial charge in [-0.25, -0.2) is 14.6 Å². The van der Waals surface area contributed by atoms with Gasteiger partial charge >= 0.3 is 0 Å². The lowest BCUT2D eigenvalue weighted by Gasteiger charge is -2.37. The SMILES string of the molecule is CCc1nc(SC)nn1-c1ccc(N2CCN(c3ccc(OC[C@@H]4CO[C@@](Cn5ccnc5)(c5ccc(Cl)cc5Cl)O4)cc3)CC2)cc1. The predicted octanol–water partition coefficient (Wildman–Crippen LogP) is 6.73. The molecule has 5 aromatic rings. The van der Waals surface area contributed by atoms with Gasteiger partial charge in [0.2, 0.25) is 10.9 Å². The highest BCUT2D eigenvalue weighted by Crippen LogP contribution is 2.40. The molecular formula is C35H37Cl2N7O3S. The fourth-order valence-electron chi connectivity index (χ4n) is 6.19. The van der Waals surface area contributed by atoms with E-state index in [-0.39, 0.29) is 6.10 Å². The third kappa shape index (κ3) is 7.02. The number of aryl methyl sites for hydroxylation is 1. The fourth-order valence-corrected chi connectivity index (χ4v) is 7.10. The summed E-state index contributed by atoms with van der Waals surface area (Å²) in [5, 5.41) is 6.48. The van der Waals surface area contributed by atoms with Crippen molar-refractivity contribution in [3.05, 3.63) is 107 Å². The van der Waals surface area contributed by atoms with Gasteiger partial charge < -0.3 is 28.6 Å². The molecule has 250 valence electrons. The Morgan fingerprint density at radius 1 is 0.938 bits per heavy atom. The van der Waals surface area contributed by atoms with Gasteiger partial charge in [-0.15, -0.1) is 5.10 Å². The molecular weight excluding hydrogens is 669 g/mol. The van der Waals surface area contributed by atoms with E-state index in [2.05, 4.69) is 68.2 Å². The van der Waals surface area contributed by atoms with Crippen LogP contribution in [-0.4, -0.2) is 76.1 Å². The molecule has 4 heterocycles. The Balaban J connectivity index is 0.929. The van der Waals surface area contributed by atoms with Crippen LogP contribution in [0.3, 0.4) is 0 Å². The average Bonchev–Trinajstić information content (AvgIpc) is 3.89. The number of imidazole rings is 1. The molecule has 2 aliphatic rings. The minimum Gasteiger partial charge on any atom is -0.491 e. The van der Waals surface area contributed by atoms with Gasteiger partial charge in [0.1, 0.15) is 24.3 Å². The highest BCUT2D eigenvalue weighted by molar-refractivity contribution is 7.98.